The molecule has 212 valence electrons. The minimum atomic E-state index is -4.41. The minimum Gasteiger partial charge on any atom is -0.478 e. The van der Waals surface area contributed by atoms with E-state index in [9.17, 15) is 27.9 Å². The Balaban J connectivity index is 1.76. The van der Waals surface area contributed by atoms with Crippen LogP contribution in [0.25, 0.3) is 11.1 Å². The quantitative estimate of drug-likeness (QED) is 0.185. The highest BCUT2D eigenvalue weighted by molar-refractivity contribution is 6.30. The topological polar surface area (TPSA) is 81.7 Å². The maximum atomic E-state index is 13.3. The van der Waals surface area contributed by atoms with Gasteiger partial charge in [0.05, 0.1) is 23.4 Å². The molecule has 0 aromatic heterocycles. The number of amides is 2. The number of carboxylic acid groups (broad SMARTS) is 1. The van der Waals surface area contributed by atoms with Crippen LogP contribution in [-0.4, -0.2) is 29.8 Å². The van der Waals surface area contributed by atoms with Crippen LogP contribution in [0.15, 0.2) is 91.0 Å². The molecule has 4 aromatic carbocycles. The first-order chi connectivity index (χ1) is 19.5. The Labute approximate surface area is 240 Å². The zero-order valence-electron chi connectivity index (χ0n) is 22.0. The lowest BCUT2D eigenvalue weighted by molar-refractivity contribution is -0.132. The van der Waals surface area contributed by atoms with Crippen molar-refractivity contribution in [3.63, 3.8) is 0 Å². The summed E-state index contributed by atoms with van der Waals surface area (Å²) in [6, 6.07) is 24.4. The Kier molecular flexibility index (Phi) is 9.19. The maximum absolute atomic E-state index is 13.3. The summed E-state index contributed by atoms with van der Waals surface area (Å²) in [5.41, 5.74) is 3.70. The summed E-state index contributed by atoms with van der Waals surface area (Å²) in [6.45, 7) is 1.63. The highest BCUT2D eigenvalue weighted by Crippen LogP contribution is 2.35. The molecule has 3 N–H and O–H groups in total. The van der Waals surface area contributed by atoms with Crippen LogP contribution in [0.1, 0.15) is 27.9 Å². The number of hydrogen-bond donors (Lipinski definition) is 3. The summed E-state index contributed by atoms with van der Waals surface area (Å²) in [6.07, 6.45) is -5.49. The second-order valence-electron chi connectivity index (χ2n) is 9.44. The summed E-state index contributed by atoms with van der Waals surface area (Å²) in [7, 11) is 0. The van der Waals surface area contributed by atoms with Crippen LogP contribution < -0.4 is 15.5 Å². The molecule has 0 aliphatic rings. The number of halogens is 4. The van der Waals surface area contributed by atoms with Crippen LogP contribution in [0.4, 0.5) is 35.0 Å². The summed E-state index contributed by atoms with van der Waals surface area (Å²) in [5.74, 6) is -1.13. The van der Waals surface area contributed by atoms with E-state index in [1.54, 1.807) is 72.8 Å². The van der Waals surface area contributed by atoms with Gasteiger partial charge in [-0.15, -0.1) is 0 Å². The van der Waals surface area contributed by atoms with Crippen molar-refractivity contribution < 1.29 is 27.9 Å². The van der Waals surface area contributed by atoms with E-state index < -0.39 is 24.6 Å². The van der Waals surface area contributed by atoms with E-state index in [-0.39, 0.29) is 24.3 Å². The highest BCUT2D eigenvalue weighted by Gasteiger charge is 2.29. The van der Waals surface area contributed by atoms with Gasteiger partial charge in [0.1, 0.15) is 0 Å². The highest BCUT2D eigenvalue weighted by atomic mass is 35.5. The van der Waals surface area contributed by atoms with Crippen LogP contribution in [0, 0.1) is 6.92 Å². The van der Waals surface area contributed by atoms with Crippen molar-refractivity contribution in [2.24, 2.45) is 0 Å². The lowest BCUT2D eigenvalue weighted by Gasteiger charge is -2.28. The summed E-state index contributed by atoms with van der Waals surface area (Å²) < 4.78 is 40.0. The van der Waals surface area contributed by atoms with Gasteiger partial charge in [-0.05, 0) is 66.1 Å². The molecule has 4 rings (SSSR count). The van der Waals surface area contributed by atoms with E-state index in [1.807, 2.05) is 19.1 Å². The number of aryl methyl sites for hydroxylation is 1. The Hall–Kier alpha value is -4.50. The largest absolute Gasteiger partial charge is 0.478 e. The van der Waals surface area contributed by atoms with Crippen molar-refractivity contribution in [2.45, 2.75) is 26.1 Å². The normalized spacial score (nSPS) is 11.1. The zero-order valence-corrected chi connectivity index (χ0v) is 22.8. The second-order valence-corrected chi connectivity index (χ2v) is 9.88. The van der Waals surface area contributed by atoms with Crippen molar-refractivity contribution in [1.29, 1.82) is 0 Å². The van der Waals surface area contributed by atoms with Gasteiger partial charge in [-0.25, -0.2) is 9.59 Å². The fourth-order valence-corrected chi connectivity index (χ4v) is 4.40. The van der Waals surface area contributed by atoms with Crippen molar-refractivity contribution in [3.8, 4) is 11.1 Å². The van der Waals surface area contributed by atoms with Gasteiger partial charge in [0.15, 0.2) is 0 Å². The number of urea groups is 1. The molecule has 10 heteroatoms. The van der Waals surface area contributed by atoms with Crippen LogP contribution in [-0.2, 0) is 6.54 Å². The third-order valence-electron chi connectivity index (χ3n) is 6.32. The van der Waals surface area contributed by atoms with E-state index >= 15 is 0 Å². The molecule has 0 bridgehead atoms. The number of carbonyl (C=O) groups is 2. The van der Waals surface area contributed by atoms with E-state index in [4.69, 9.17) is 11.6 Å². The van der Waals surface area contributed by atoms with E-state index in [1.165, 1.54) is 11.0 Å². The predicted octanol–water partition coefficient (Wildman–Crippen LogP) is 8.62. The van der Waals surface area contributed by atoms with Gasteiger partial charge in [-0.3, -0.25) is 0 Å². The molecule has 0 atom stereocenters. The average Bonchev–Trinajstić information content (AvgIpc) is 2.93. The molecular weight excluding hydrogens is 555 g/mol. The predicted molar refractivity (Wildman–Crippen MR) is 156 cm³/mol. The summed E-state index contributed by atoms with van der Waals surface area (Å²) >= 11 is 6.00. The van der Waals surface area contributed by atoms with Gasteiger partial charge in [-0.1, -0.05) is 65.7 Å². The van der Waals surface area contributed by atoms with Gasteiger partial charge < -0.3 is 20.6 Å². The molecule has 0 aliphatic heterocycles. The molecule has 6 nitrogen and oxygen atoms in total. The fourth-order valence-electron chi connectivity index (χ4n) is 4.28. The summed E-state index contributed by atoms with van der Waals surface area (Å²) in [5, 5.41) is 15.7. The number of rotatable bonds is 9. The van der Waals surface area contributed by atoms with E-state index in [2.05, 4.69) is 10.6 Å². The van der Waals surface area contributed by atoms with Crippen molar-refractivity contribution in [1.82, 2.24) is 0 Å². The van der Waals surface area contributed by atoms with E-state index in [0.717, 1.165) is 5.56 Å². The van der Waals surface area contributed by atoms with E-state index in [0.29, 0.717) is 33.1 Å². The minimum absolute atomic E-state index is 0.0467. The van der Waals surface area contributed by atoms with Gasteiger partial charge in [-0.2, -0.15) is 13.2 Å². The smallest absolute Gasteiger partial charge is 0.390 e. The molecule has 2 amide bonds. The van der Waals surface area contributed by atoms with Crippen molar-refractivity contribution >= 4 is 40.7 Å². The third-order valence-corrected chi connectivity index (χ3v) is 6.57. The number of carbonyl (C=O) groups excluding carboxylic acids is 1. The van der Waals surface area contributed by atoms with Crippen LogP contribution in [0.2, 0.25) is 5.02 Å². The molecule has 0 radical (unpaired) electrons. The lowest BCUT2D eigenvalue weighted by atomic mass is 9.98. The number of hydrogen-bond acceptors (Lipinski definition) is 3. The fraction of sp³-hybridized carbons (Fsp3) is 0.161. The molecule has 0 unspecified atom stereocenters. The third kappa shape index (κ3) is 8.25. The Morgan fingerprint density at radius 2 is 1.59 bits per heavy atom. The molecule has 0 spiro atoms. The number of alkyl halides is 3. The number of aromatic carboxylic acids is 1. The van der Waals surface area contributed by atoms with Crippen LogP contribution in [0.3, 0.4) is 0 Å². The maximum Gasteiger partial charge on any atom is 0.390 e. The SMILES string of the molecule is Cc1ccc(NC(=O)Nc2cc(-c3ccccc3C(=O)O)ccc2N(CCC(F)(F)F)Cc2ccc(Cl)cc2)cc1. The second kappa shape index (κ2) is 12.8. The molecule has 0 heterocycles. The van der Waals surface area contributed by atoms with Crippen LogP contribution in [0.5, 0.6) is 0 Å². The van der Waals surface area contributed by atoms with Crippen molar-refractivity contribution in [2.75, 3.05) is 22.1 Å². The monoisotopic (exact) mass is 581 g/mol. The Morgan fingerprint density at radius 3 is 2.24 bits per heavy atom. The first-order valence-corrected chi connectivity index (χ1v) is 13.0. The molecule has 0 saturated carbocycles. The molecule has 0 fully saturated rings. The molecule has 0 saturated heterocycles. The number of anilines is 3. The first kappa shape index (κ1) is 29.5. The van der Waals surface area contributed by atoms with Gasteiger partial charge in [0.25, 0.3) is 0 Å². The van der Waals surface area contributed by atoms with Gasteiger partial charge in [0.2, 0.25) is 0 Å². The van der Waals surface area contributed by atoms with Gasteiger partial charge in [0, 0.05) is 23.8 Å². The average molecular weight is 582 g/mol. The molecule has 4 aromatic rings. The van der Waals surface area contributed by atoms with Gasteiger partial charge >= 0.3 is 18.2 Å². The molecule has 0 aliphatic carbocycles. The van der Waals surface area contributed by atoms with Crippen molar-refractivity contribution in [3.05, 3.63) is 113 Å². The molecular formula is C31H27ClF3N3O3. The summed E-state index contributed by atoms with van der Waals surface area (Å²) in [4.78, 5) is 26.4. The number of benzene rings is 4. The zero-order chi connectivity index (χ0) is 29.6. The number of nitrogens with one attached hydrogen (secondary N) is 2. The Bertz CT molecular complexity index is 1520. The number of carboxylic acids is 1. The Morgan fingerprint density at radius 1 is 0.902 bits per heavy atom. The van der Waals surface area contributed by atoms with Crippen LogP contribution >= 0.6 is 11.6 Å². The number of nitrogens with zero attached hydrogens (tertiary/aromatic N) is 1. The first-order valence-electron chi connectivity index (χ1n) is 12.7. The lowest BCUT2D eigenvalue weighted by Crippen LogP contribution is -2.29. The molecule has 41 heavy (non-hydrogen) atoms. The standard InChI is InChI=1S/C31H27ClF3N3O3/c1-20-6-13-24(14-7-20)36-30(41)37-27-18-22(25-4-2-3-5-26(25)29(39)40)10-15-28(27)38(17-16-31(33,34)35)19-21-8-11-23(32)12-9-21/h2-15,18H,16-17,19H2,1H3,(H,39,40)(H2,36,37,41).